The SMILES string of the molecule is O=C(O)c1ccccc1-c1ccc(OCc2ccccn2)cc1. The van der Waals surface area contributed by atoms with Gasteiger partial charge in [-0.25, -0.2) is 4.79 Å². The average molecular weight is 305 g/mol. The first kappa shape index (κ1) is 14.8. The smallest absolute Gasteiger partial charge is 0.336 e. The number of hydrogen-bond acceptors (Lipinski definition) is 3. The van der Waals surface area contributed by atoms with E-state index in [-0.39, 0.29) is 5.56 Å². The number of aromatic nitrogens is 1. The van der Waals surface area contributed by atoms with Crippen LogP contribution in [0.15, 0.2) is 72.9 Å². The van der Waals surface area contributed by atoms with Crippen LogP contribution in [0.2, 0.25) is 0 Å². The van der Waals surface area contributed by atoms with Gasteiger partial charge in [-0.15, -0.1) is 0 Å². The van der Waals surface area contributed by atoms with Crippen LogP contribution in [-0.4, -0.2) is 16.1 Å². The Labute approximate surface area is 134 Å². The van der Waals surface area contributed by atoms with Gasteiger partial charge >= 0.3 is 5.97 Å². The molecule has 0 radical (unpaired) electrons. The second kappa shape index (κ2) is 6.75. The van der Waals surface area contributed by atoms with Gasteiger partial charge in [-0.3, -0.25) is 4.98 Å². The maximum absolute atomic E-state index is 11.3. The zero-order chi connectivity index (χ0) is 16.1. The summed E-state index contributed by atoms with van der Waals surface area (Å²) < 4.78 is 5.68. The van der Waals surface area contributed by atoms with Crippen molar-refractivity contribution in [3.8, 4) is 16.9 Å². The standard InChI is InChI=1S/C19H15NO3/c21-19(22)18-7-2-1-6-17(18)14-8-10-16(11-9-14)23-13-15-5-3-4-12-20-15/h1-12H,13H2,(H,21,22). The first-order chi connectivity index (χ1) is 11.2. The molecule has 0 aliphatic heterocycles. The highest BCUT2D eigenvalue weighted by molar-refractivity contribution is 5.96. The Balaban J connectivity index is 1.76. The van der Waals surface area contributed by atoms with Crippen molar-refractivity contribution in [2.45, 2.75) is 6.61 Å². The summed E-state index contributed by atoms with van der Waals surface area (Å²) in [7, 11) is 0. The lowest BCUT2D eigenvalue weighted by Gasteiger charge is -2.09. The van der Waals surface area contributed by atoms with Crippen LogP contribution in [0, 0.1) is 0 Å². The van der Waals surface area contributed by atoms with Crippen molar-refractivity contribution in [2.24, 2.45) is 0 Å². The van der Waals surface area contributed by atoms with Gasteiger partial charge < -0.3 is 9.84 Å². The normalized spacial score (nSPS) is 10.3. The van der Waals surface area contributed by atoms with Gasteiger partial charge in [0, 0.05) is 6.20 Å². The Morgan fingerprint density at radius 3 is 2.39 bits per heavy atom. The van der Waals surface area contributed by atoms with Gasteiger partial charge in [-0.1, -0.05) is 36.4 Å². The van der Waals surface area contributed by atoms with Crippen LogP contribution >= 0.6 is 0 Å². The Bertz CT molecular complexity index is 798. The van der Waals surface area contributed by atoms with Gasteiger partial charge in [0.15, 0.2) is 0 Å². The zero-order valence-corrected chi connectivity index (χ0v) is 12.3. The van der Waals surface area contributed by atoms with Gasteiger partial charge in [0.1, 0.15) is 12.4 Å². The number of nitrogens with zero attached hydrogens (tertiary/aromatic N) is 1. The molecule has 1 N–H and O–H groups in total. The van der Waals surface area contributed by atoms with E-state index in [9.17, 15) is 9.90 Å². The molecule has 0 saturated heterocycles. The summed E-state index contributed by atoms with van der Waals surface area (Å²) in [6.07, 6.45) is 1.73. The summed E-state index contributed by atoms with van der Waals surface area (Å²) in [5.41, 5.74) is 2.67. The van der Waals surface area contributed by atoms with Crippen molar-refractivity contribution in [3.05, 3.63) is 84.2 Å². The van der Waals surface area contributed by atoms with Crippen LogP contribution in [-0.2, 0) is 6.61 Å². The van der Waals surface area contributed by atoms with Crippen molar-refractivity contribution in [1.82, 2.24) is 4.98 Å². The third kappa shape index (κ3) is 3.55. The van der Waals surface area contributed by atoms with Crippen molar-refractivity contribution in [1.29, 1.82) is 0 Å². The first-order valence-electron chi connectivity index (χ1n) is 7.19. The predicted molar refractivity (Wildman–Crippen MR) is 87.4 cm³/mol. The van der Waals surface area contributed by atoms with Crippen LogP contribution < -0.4 is 4.74 Å². The second-order valence-corrected chi connectivity index (χ2v) is 4.98. The molecule has 0 aliphatic rings. The van der Waals surface area contributed by atoms with E-state index >= 15 is 0 Å². The predicted octanol–water partition coefficient (Wildman–Crippen LogP) is 4.03. The van der Waals surface area contributed by atoms with Crippen LogP contribution in [0.25, 0.3) is 11.1 Å². The van der Waals surface area contributed by atoms with E-state index in [2.05, 4.69) is 4.98 Å². The lowest BCUT2D eigenvalue weighted by atomic mass is 10.00. The summed E-state index contributed by atoms with van der Waals surface area (Å²) in [5.74, 6) is -0.219. The first-order valence-corrected chi connectivity index (χ1v) is 7.19. The third-order valence-corrected chi connectivity index (χ3v) is 3.44. The van der Waals surface area contributed by atoms with E-state index in [1.54, 1.807) is 24.4 Å². The molecule has 0 atom stereocenters. The molecule has 0 aliphatic carbocycles. The highest BCUT2D eigenvalue weighted by Crippen LogP contribution is 2.26. The Hall–Kier alpha value is -3.14. The van der Waals surface area contributed by atoms with E-state index < -0.39 is 5.97 Å². The fourth-order valence-electron chi connectivity index (χ4n) is 2.29. The number of carboxylic acid groups (broad SMARTS) is 1. The lowest BCUT2D eigenvalue weighted by Crippen LogP contribution is -1.99. The molecule has 4 nitrogen and oxygen atoms in total. The largest absolute Gasteiger partial charge is 0.487 e. The van der Waals surface area contributed by atoms with E-state index in [0.717, 1.165) is 11.3 Å². The Kier molecular flexibility index (Phi) is 4.34. The Morgan fingerprint density at radius 1 is 0.957 bits per heavy atom. The molecule has 0 fully saturated rings. The minimum Gasteiger partial charge on any atom is -0.487 e. The van der Waals surface area contributed by atoms with Gasteiger partial charge in [0.25, 0.3) is 0 Å². The van der Waals surface area contributed by atoms with Crippen LogP contribution in [0.3, 0.4) is 0 Å². The van der Waals surface area contributed by atoms with Gasteiger partial charge in [0.2, 0.25) is 0 Å². The van der Waals surface area contributed by atoms with Gasteiger partial charge in [-0.05, 0) is 41.5 Å². The molecular weight excluding hydrogens is 290 g/mol. The number of carboxylic acids is 1. The minimum atomic E-state index is -0.934. The van der Waals surface area contributed by atoms with E-state index in [1.165, 1.54) is 0 Å². The van der Waals surface area contributed by atoms with Gasteiger partial charge in [0.05, 0.1) is 11.3 Å². The summed E-state index contributed by atoms with van der Waals surface area (Å²) in [6, 6.07) is 20.0. The maximum atomic E-state index is 11.3. The summed E-state index contributed by atoms with van der Waals surface area (Å²) in [6.45, 7) is 0.395. The number of benzene rings is 2. The minimum absolute atomic E-state index is 0.287. The quantitative estimate of drug-likeness (QED) is 0.773. The number of pyridine rings is 1. The second-order valence-electron chi connectivity index (χ2n) is 4.98. The topological polar surface area (TPSA) is 59.4 Å². The van der Waals surface area contributed by atoms with E-state index in [4.69, 9.17) is 4.74 Å². The molecule has 0 amide bonds. The molecule has 0 spiro atoms. The Morgan fingerprint density at radius 2 is 1.70 bits per heavy atom. The fraction of sp³-hybridized carbons (Fsp3) is 0.0526. The zero-order valence-electron chi connectivity index (χ0n) is 12.3. The van der Waals surface area contributed by atoms with Gasteiger partial charge in [-0.2, -0.15) is 0 Å². The van der Waals surface area contributed by atoms with Crippen LogP contribution in [0.1, 0.15) is 16.1 Å². The molecule has 0 bridgehead atoms. The molecule has 0 unspecified atom stereocenters. The molecule has 2 aromatic carbocycles. The third-order valence-electron chi connectivity index (χ3n) is 3.44. The summed E-state index contributed by atoms with van der Waals surface area (Å²) in [5, 5.41) is 9.26. The molecule has 4 heteroatoms. The molecular formula is C19H15NO3. The molecule has 1 aromatic heterocycles. The van der Waals surface area contributed by atoms with Crippen LogP contribution in [0.5, 0.6) is 5.75 Å². The number of rotatable bonds is 5. The van der Waals surface area contributed by atoms with Crippen LogP contribution in [0.4, 0.5) is 0 Å². The van der Waals surface area contributed by atoms with Crippen molar-refractivity contribution in [2.75, 3.05) is 0 Å². The monoisotopic (exact) mass is 305 g/mol. The van der Waals surface area contributed by atoms with E-state index in [1.807, 2.05) is 48.5 Å². The maximum Gasteiger partial charge on any atom is 0.336 e. The van der Waals surface area contributed by atoms with Crippen molar-refractivity contribution in [3.63, 3.8) is 0 Å². The molecule has 114 valence electrons. The molecule has 3 aromatic rings. The highest BCUT2D eigenvalue weighted by atomic mass is 16.5. The fourth-order valence-corrected chi connectivity index (χ4v) is 2.29. The average Bonchev–Trinajstić information content (AvgIpc) is 2.61. The van der Waals surface area contributed by atoms with E-state index in [0.29, 0.717) is 17.9 Å². The number of hydrogen-bond donors (Lipinski definition) is 1. The molecule has 1 heterocycles. The highest BCUT2D eigenvalue weighted by Gasteiger charge is 2.10. The lowest BCUT2D eigenvalue weighted by molar-refractivity contribution is 0.0697. The molecule has 3 rings (SSSR count). The van der Waals surface area contributed by atoms with Crippen molar-refractivity contribution < 1.29 is 14.6 Å². The number of carbonyl (C=O) groups is 1. The summed E-state index contributed by atoms with van der Waals surface area (Å²) >= 11 is 0. The number of ether oxygens (including phenoxy) is 1. The number of aromatic carboxylic acids is 1. The van der Waals surface area contributed by atoms with Crippen molar-refractivity contribution >= 4 is 5.97 Å². The summed E-state index contributed by atoms with van der Waals surface area (Å²) in [4.78, 5) is 15.5. The molecule has 23 heavy (non-hydrogen) atoms. The molecule has 0 saturated carbocycles.